The number of rotatable bonds is 6. The van der Waals surface area contributed by atoms with Crippen LogP contribution in [0.2, 0.25) is 0 Å². The summed E-state index contributed by atoms with van der Waals surface area (Å²) in [6.45, 7) is 8.28. The minimum Gasteiger partial charge on any atom is -0.399 e. The lowest BCUT2D eigenvalue weighted by atomic mass is 9.78. The average Bonchev–Trinajstić information content (AvgIpc) is 1.02. The first-order chi connectivity index (χ1) is 51.9. The van der Waals surface area contributed by atoms with Gasteiger partial charge in [-0.3, -0.25) is 19.9 Å². The topological polar surface area (TPSA) is 122 Å². The standard InChI is InChI=1S/C44H26N4.C28H25BN2O2.C22H13BrN2/c1-5-19-35-31(15-1)33-17-3-7-21-37(33)43-41(35)45-25-39(47-43)29-13-9-11-27(23-29)28-12-10-14-30(24-28)40-26-46-42-36-20-6-2-16-32(36)34-18-4-8-22-38(34)44(42)48-40;1-27(2)28(3,4)33-29(32-27)19-11-9-10-18(16-19)24-17-30-25-22-14-7-5-12-20(22)21-13-6-8-15-23(21)26(25)31-24;23-15-7-5-6-14(12-15)20-13-24-21-18-10-3-1-8-16(18)17-9-2-4-11-19(17)22(21)25-20/h1-26H;5-17H,1-4H3;1-13H. The van der Waals surface area contributed by atoms with Gasteiger partial charge >= 0.3 is 7.12 Å². The lowest BCUT2D eigenvalue weighted by Gasteiger charge is -2.32. The number of fused-ring (bicyclic) bond motifs is 24. The second kappa shape index (κ2) is 26.0. The van der Waals surface area contributed by atoms with E-state index in [-0.39, 0.29) is 11.2 Å². The van der Waals surface area contributed by atoms with Crippen molar-refractivity contribution in [1.82, 2.24) is 39.9 Å². The summed E-state index contributed by atoms with van der Waals surface area (Å²) < 4.78 is 13.6. The number of benzene rings is 16. The second-order valence-electron chi connectivity index (χ2n) is 28.1. The van der Waals surface area contributed by atoms with E-state index in [2.05, 4.69) is 311 Å². The Morgan fingerprint density at radius 1 is 0.236 bits per heavy atom. The van der Waals surface area contributed by atoms with Crippen LogP contribution in [-0.2, 0) is 9.31 Å². The summed E-state index contributed by atoms with van der Waals surface area (Å²) in [4.78, 5) is 40.2. The van der Waals surface area contributed by atoms with E-state index in [1.54, 1.807) is 0 Å². The maximum absolute atomic E-state index is 6.26. The van der Waals surface area contributed by atoms with Gasteiger partial charge in [-0.1, -0.05) is 283 Å². The first-order valence-electron chi connectivity index (χ1n) is 35.6. The summed E-state index contributed by atoms with van der Waals surface area (Å²) in [5.41, 5.74) is 17.4. The zero-order valence-corrected chi connectivity index (χ0v) is 60.0. The molecule has 0 atom stereocenters. The van der Waals surface area contributed by atoms with Gasteiger partial charge < -0.3 is 9.31 Å². The average molecular weight is 1430 g/mol. The van der Waals surface area contributed by atoms with Gasteiger partial charge in [-0.05, 0) is 112 Å². The number of nitrogens with zero attached hydrogens (tertiary/aromatic N) is 8. The summed E-state index contributed by atoms with van der Waals surface area (Å²) in [5.74, 6) is 0. The van der Waals surface area contributed by atoms with E-state index in [4.69, 9.17) is 49.2 Å². The van der Waals surface area contributed by atoms with Crippen LogP contribution in [0.25, 0.3) is 186 Å². The predicted molar refractivity (Wildman–Crippen MR) is 442 cm³/mol. The van der Waals surface area contributed by atoms with Crippen LogP contribution in [0.5, 0.6) is 0 Å². The molecule has 0 spiro atoms. The molecule has 5 heterocycles. The van der Waals surface area contributed by atoms with E-state index in [0.29, 0.717) is 0 Å². The molecule has 4 aromatic heterocycles. The molecule has 1 aliphatic heterocycles. The molecule has 16 aromatic carbocycles. The van der Waals surface area contributed by atoms with Gasteiger partial charge in [0.15, 0.2) is 0 Å². The highest BCUT2D eigenvalue weighted by Crippen LogP contribution is 2.42. The highest BCUT2D eigenvalue weighted by molar-refractivity contribution is 9.10. The Bertz CT molecular complexity index is 6630. The van der Waals surface area contributed by atoms with Crippen molar-refractivity contribution in [2.45, 2.75) is 38.9 Å². The molecule has 21 rings (SSSR count). The van der Waals surface area contributed by atoms with E-state index >= 15 is 0 Å². The van der Waals surface area contributed by atoms with Gasteiger partial charge in [-0.25, -0.2) is 19.9 Å². The van der Waals surface area contributed by atoms with Gasteiger partial charge in [0.25, 0.3) is 0 Å². The molecule has 10 nitrogen and oxygen atoms in total. The lowest BCUT2D eigenvalue weighted by Crippen LogP contribution is -2.41. The normalized spacial score (nSPS) is 13.4. The fourth-order valence-electron chi connectivity index (χ4n) is 15.2. The summed E-state index contributed by atoms with van der Waals surface area (Å²) >= 11 is 3.53. The van der Waals surface area contributed by atoms with Gasteiger partial charge in [0.2, 0.25) is 0 Å². The van der Waals surface area contributed by atoms with E-state index in [1.165, 1.54) is 43.1 Å². The molecule has 20 aromatic rings. The Morgan fingerprint density at radius 3 is 0.745 bits per heavy atom. The molecule has 0 radical (unpaired) electrons. The molecule has 12 heteroatoms. The van der Waals surface area contributed by atoms with E-state index in [0.717, 1.165) is 153 Å². The number of halogens is 1. The molecule has 1 aliphatic rings. The van der Waals surface area contributed by atoms with Crippen LogP contribution in [0.15, 0.2) is 320 Å². The molecule has 0 aliphatic carbocycles. The van der Waals surface area contributed by atoms with Crippen molar-refractivity contribution in [1.29, 1.82) is 0 Å². The fourth-order valence-corrected chi connectivity index (χ4v) is 15.6. The van der Waals surface area contributed by atoms with Crippen LogP contribution < -0.4 is 5.46 Å². The van der Waals surface area contributed by atoms with E-state index in [9.17, 15) is 0 Å². The Kier molecular flexibility index (Phi) is 15.8. The number of aromatic nitrogens is 8. The van der Waals surface area contributed by atoms with Crippen molar-refractivity contribution in [3.63, 3.8) is 0 Å². The van der Waals surface area contributed by atoms with Crippen molar-refractivity contribution in [3.05, 3.63) is 320 Å². The minimum absolute atomic E-state index is 0.379. The quantitative estimate of drug-likeness (QED) is 0.117. The fraction of sp³-hybridized carbons (Fsp3) is 0.0638. The molecule has 0 unspecified atom stereocenters. The third-order valence-corrected chi connectivity index (χ3v) is 21.7. The molecule has 0 bridgehead atoms. The van der Waals surface area contributed by atoms with Crippen LogP contribution in [0.3, 0.4) is 0 Å². The number of hydrogen-bond donors (Lipinski definition) is 0. The zero-order valence-electron chi connectivity index (χ0n) is 58.4. The lowest BCUT2D eigenvalue weighted by molar-refractivity contribution is 0.00578. The largest absolute Gasteiger partial charge is 0.494 e. The monoisotopic (exact) mass is 1430 g/mol. The van der Waals surface area contributed by atoms with Gasteiger partial charge in [-0.2, -0.15) is 0 Å². The zero-order chi connectivity index (χ0) is 71.2. The van der Waals surface area contributed by atoms with Crippen LogP contribution in [0.1, 0.15) is 27.7 Å². The van der Waals surface area contributed by atoms with Crippen molar-refractivity contribution in [3.8, 4) is 56.2 Å². The number of hydrogen-bond acceptors (Lipinski definition) is 10. The Labute approximate surface area is 619 Å². The molecule has 0 N–H and O–H groups in total. The van der Waals surface area contributed by atoms with Gasteiger partial charge in [0.1, 0.15) is 0 Å². The Balaban J connectivity index is 0.000000115. The molecule has 0 saturated carbocycles. The maximum Gasteiger partial charge on any atom is 0.494 e. The van der Waals surface area contributed by atoms with E-state index < -0.39 is 7.12 Å². The smallest absolute Gasteiger partial charge is 0.399 e. The van der Waals surface area contributed by atoms with Crippen molar-refractivity contribution in [2.24, 2.45) is 0 Å². The van der Waals surface area contributed by atoms with Gasteiger partial charge in [-0.15, -0.1) is 0 Å². The van der Waals surface area contributed by atoms with Crippen molar-refractivity contribution < 1.29 is 9.31 Å². The Morgan fingerprint density at radius 2 is 0.462 bits per heavy atom. The molecule has 1 fully saturated rings. The van der Waals surface area contributed by atoms with Gasteiger partial charge in [0, 0.05) is 69.8 Å². The summed E-state index contributed by atoms with van der Waals surface area (Å²) in [7, 11) is -0.409. The molecule has 1 saturated heterocycles. The molecule has 502 valence electrons. The van der Waals surface area contributed by atoms with Crippen LogP contribution in [0.4, 0.5) is 0 Å². The summed E-state index contributed by atoms with van der Waals surface area (Å²) in [5, 5.41) is 18.6. The maximum atomic E-state index is 6.26. The first-order valence-corrected chi connectivity index (χ1v) is 36.4. The molecule has 106 heavy (non-hydrogen) atoms. The third kappa shape index (κ3) is 11.2. The highest BCUT2D eigenvalue weighted by Gasteiger charge is 2.51. The second-order valence-corrected chi connectivity index (χ2v) is 29.0. The summed E-state index contributed by atoms with van der Waals surface area (Å²) in [6, 6.07) is 101. The van der Waals surface area contributed by atoms with Crippen molar-refractivity contribution >= 4 is 159 Å². The first kappa shape index (κ1) is 64.3. The van der Waals surface area contributed by atoms with Crippen LogP contribution in [-0.4, -0.2) is 58.2 Å². The van der Waals surface area contributed by atoms with Crippen LogP contribution >= 0.6 is 15.9 Å². The van der Waals surface area contributed by atoms with Crippen LogP contribution in [0, 0.1) is 0 Å². The third-order valence-electron chi connectivity index (χ3n) is 21.2. The van der Waals surface area contributed by atoms with E-state index in [1.807, 2.05) is 49.1 Å². The predicted octanol–water partition coefficient (Wildman–Crippen LogP) is 23.5. The molecular formula is C94H64BBrN8O2. The highest BCUT2D eigenvalue weighted by atomic mass is 79.9. The summed E-state index contributed by atoms with van der Waals surface area (Å²) in [6.07, 6.45) is 7.54. The Hall–Kier alpha value is -12.6. The minimum atomic E-state index is -0.409. The van der Waals surface area contributed by atoms with Crippen molar-refractivity contribution in [2.75, 3.05) is 0 Å². The SMILES string of the molecule is Brc1cccc(-c2cnc3c4ccccc4c4ccccc4c3n2)c1.CC1(C)OB(c2cccc(-c3cnc4c5ccccc5c5ccccc5c4n3)c2)OC1(C)C.c1cc(-c2cccc(-c3cnc4c5ccccc5c5ccccc5c4n3)c2)cc(-c2cnc3c4ccccc4c4ccccc4c3n2)c1. The molecule has 0 amide bonds. The van der Waals surface area contributed by atoms with Gasteiger partial charge in [0.05, 0.1) is 103 Å². The molecular weight excluding hydrogens is 1360 g/mol.